The van der Waals surface area contributed by atoms with Crippen LogP contribution in [0.3, 0.4) is 0 Å². The molecule has 0 bridgehead atoms. The molecule has 5 nitrogen and oxygen atoms in total. The van der Waals surface area contributed by atoms with Gasteiger partial charge in [-0.05, 0) is 35.2 Å². The van der Waals surface area contributed by atoms with Gasteiger partial charge in [0.05, 0.1) is 6.21 Å². The Morgan fingerprint density at radius 1 is 1.27 bits per heavy atom. The number of nitrogens with one attached hydrogen (secondary N) is 1. The van der Waals surface area contributed by atoms with Crippen molar-refractivity contribution in [2.45, 2.75) is 19.8 Å². The Morgan fingerprint density at radius 3 is 2.73 bits per heavy atom. The Hall–Kier alpha value is -2.69. The Morgan fingerprint density at radius 2 is 2.00 bits per heavy atom. The Labute approximate surface area is 130 Å². The van der Waals surface area contributed by atoms with Gasteiger partial charge in [0.15, 0.2) is 6.61 Å². The van der Waals surface area contributed by atoms with E-state index < -0.39 is 0 Å². The van der Waals surface area contributed by atoms with Crippen LogP contribution in [-0.2, 0) is 4.79 Å². The number of pyridine rings is 1. The number of benzene rings is 1. The third kappa shape index (κ3) is 4.70. The minimum absolute atomic E-state index is 0.0720. The van der Waals surface area contributed by atoms with Crippen molar-refractivity contribution in [1.82, 2.24) is 10.4 Å². The maximum absolute atomic E-state index is 11.7. The van der Waals surface area contributed by atoms with E-state index in [1.54, 1.807) is 30.7 Å². The zero-order valence-electron chi connectivity index (χ0n) is 12.7. The molecular weight excluding hydrogens is 278 g/mol. The van der Waals surface area contributed by atoms with Gasteiger partial charge in [-0.3, -0.25) is 9.78 Å². The molecule has 0 aliphatic heterocycles. The Balaban J connectivity index is 1.85. The van der Waals surface area contributed by atoms with Gasteiger partial charge < -0.3 is 4.74 Å². The van der Waals surface area contributed by atoms with E-state index in [1.165, 1.54) is 0 Å². The van der Waals surface area contributed by atoms with E-state index in [2.05, 4.69) is 29.4 Å². The summed E-state index contributed by atoms with van der Waals surface area (Å²) in [5.74, 6) is 0.763. The molecule has 1 heterocycles. The van der Waals surface area contributed by atoms with E-state index in [0.29, 0.717) is 5.92 Å². The van der Waals surface area contributed by atoms with Crippen LogP contribution in [-0.4, -0.2) is 23.7 Å². The summed E-state index contributed by atoms with van der Waals surface area (Å²) in [4.78, 5) is 15.6. The van der Waals surface area contributed by atoms with E-state index >= 15 is 0 Å². The monoisotopic (exact) mass is 297 g/mol. The van der Waals surface area contributed by atoms with E-state index in [0.717, 1.165) is 16.9 Å². The predicted molar refractivity (Wildman–Crippen MR) is 86.0 cm³/mol. The van der Waals surface area contributed by atoms with Crippen LogP contribution >= 0.6 is 0 Å². The fraction of sp³-hybridized carbons (Fsp3) is 0.235. The first-order valence-electron chi connectivity index (χ1n) is 7.10. The van der Waals surface area contributed by atoms with E-state index in [1.807, 2.05) is 24.3 Å². The number of hydrogen-bond donors (Lipinski definition) is 1. The van der Waals surface area contributed by atoms with Gasteiger partial charge in [0, 0.05) is 12.4 Å². The standard InChI is InChI=1S/C17H19N3O2/c1-13(2)15-5-3-4-6-16(15)22-12-17(21)20-19-11-14-7-9-18-10-8-14/h3-11,13H,12H2,1-2H3,(H,20,21)/b19-11+. The van der Waals surface area contributed by atoms with Crippen molar-refractivity contribution in [3.8, 4) is 5.75 Å². The quantitative estimate of drug-likeness (QED) is 0.658. The summed E-state index contributed by atoms with van der Waals surface area (Å²) in [6, 6.07) is 11.3. The van der Waals surface area contributed by atoms with Crippen LogP contribution in [0.25, 0.3) is 0 Å². The van der Waals surface area contributed by atoms with Crippen molar-refractivity contribution < 1.29 is 9.53 Å². The minimum Gasteiger partial charge on any atom is -0.483 e. The number of hydrazone groups is 1. The molecule has 0 atom stereocenters. The molecule has 1 amide bonds. The molecule has 114 valence electrons. The molecule has 0 unspecified atom stereocenters. The van der Waals surface area contributed by atoms with Gasteiger partial charge in [0.2, 0.25) is 0 Å². The fourth-order valence-corrected chi connectivity index (χ4v) is 1.89. The van der Waals surface area contributed by atoms with Crippen molar-refractivity contribution in [3.63, 3.8) is 0 Å². The first kappa shape index (κ1) is 15.7. The second kappa shape index (κ2) is 7.93. The van der Waals surface area contributed by atoms with Crippen LogP contribution in [0.5, 0.6) is 5.75 Å². The molecule has 1 N–H and O–H groups in total. The lowest BCUT2D eigenvalue weighted by molar-refractivity contribution is -0.123. The second-order valence-corrected chi connectivity index (χ2v) is 5.05. The van der Waals surface area contributed by atoms with E-state index in [-0.39, 0.29) is 12.5 Å². The van der Waals surface area contributed by atoms with E-state index in [9.17, 15) is 4.79 Å². The minimum atomic E-state index is -0.302. The van der Waals surface area contributed by atoms with Crippen LogP contribution in [0.2, 0.25) is 0 Å². The smallest absolute Gasteiger partial charge is 0.277 e. The van der Waals surface area contributed by atoms with Crippen molar-refractivity contribution in [2.75, 3.05) is 6.61 Å². The van der Waals surface area contributed by atoms with Crippen LogP contribution < -0.4 is 10.2 Å². The number of nitrogens with zero attached hydrogens (tertiary/aromatic N) is 2. The molecule has 0 radical (unpaired) electrons. The average Bonchev–Trinajstić information content (AvgIpc) is 2.54. The Kier molecular flexibility index (Phi) is 5.65. The molecule has 0 saturated heterocycles. The van der Waals surface area contributed by atoms with Gasteiger partial charge in [0.25, 0.3) is 5.91 Å². The molecule has 0 saturated carbocycles. The molecule has 0 spiro atoms. The fourth-order valence-electron chi connectivity index (χ4n) is 1.89. The summed E-state index contributed by atoms with van der Waals surface area (Å²) in [6.07, 6.45) is 4.88. The summed E-state index contributed by atoms with van der Waals surface area (Å²) >= 11 is 0. The Bertz CT molecular complexity index is 639. The van der Waals surface area contributed by atoms with Crippen molar-refractivity contribution >= 4 is 12.1 Å². The molecule has 0 fully saturated rings. The predicted octanol–water partition coefficient (Wildman–Crippen LogP) is 2.73. The number of ether oxygens (including phenoxy) is 1. The van der Waals surface area contributed by atoms with Crippen molar-refractivity contribution in [2.24, 2.45) is 5.10 Å². The summed E-state index contributed by atoms with van der Waals surface area (Å²) in [6.45, 7) is 4.10. The summed E-state index contributed by atoms with van der Waals surface area (Å²) in [5.41, 5.74) is 4.38. The number of amides is 1. The van der Waals surface area contributed by atoms with Gasteiger partial charge in [-0.2, -0.15) is 5.10 Å². The summed E-state index contributed by atoms with van der Waals surface area (Å²) in [7, 11) is 0. The maximum atomic E-state index is 11.7. The highest BCUT2D eigenvalue weighted by molar-refractivity contribution is 5.82. The summed E-state index contributed by atoms with van der Waals surface area (Å²) < 4.78 is 5.57. The van der Waals surface area contributed by atoms with Crippen LogP contribution in [0, 0.1) is 0 Å². The molecular formula is C17H19N3O2. The van der Waals surface area contributed by atoms with Gasteiger partial charge in [-0.15, -0.1) is 0 Å². The maximum Gasteiger partial charge on any atom is 0.277 e. The lowest BCUT2D eigenvalue weighted by Crippen LogP contribution is -2.24. The zero-order chi connectivity index (χ0) is 15.8. The molecule has 1 aromatic carbocycles. The van der Waals surface area contributed by atoms with Crippen molar-refractivity contribution in [1.29, 1.82) is 0 Å². The highest BCUT2D eigenvalue weighted by Crippen LogP contribution is 2.25. The van der Waals surface area contributed by atoms with Gasteiger partial charge in [0.1, 0.15) is 5.75 Å². The number of rotatable bonds is 6. The molecule has 22 heavy (non-hydrogen) atoms. The lowest BCUT2D eigenvalue weighted by Gasteiger charge is -2.12. The number of hydrogen-bond acceptors (Lipinski definition) is 4. The lowest BCUT2D eigenvalue weighted by atomic mass is 10.0. The van der Waals surface area contributed by atoms with E-state index in [4.69, 9.17) is 4.74 Å². The van der Waals surface area contributed by atoms with Crippen molar-refractivity contribution in [3.05, 3.63) is 59.9 Å². The normalized spacial score (nSPS) is 10.9. The highest BCUT2D eigenvalue weighted by atomic mass is 16.5. The zero-order valence-corrected chi connectivity index (χ0v) is 12.7. The summed E-state index contributed by atoms with van der Waals surface area (Å²) in [5, 5.41) is 3.88. The second-order valence-electron chi connectivity index (χ2n) is 5.05. The molecule has 1 aromatic heterocycles. The van der Waals surface area contributed by atoms with Gasteiger partial charge in [-0.1, -0.05) is 32.0 Å². The number of aromatic nitrogens is 1. The first-order chi connectivity index (χ1) is 10.7. The molecule has 0 aliphatic rings. The largest absolute Gasteiger partial charge is 0.483 e. The van der Waals surface area contributed by atoms with Crippen LogP contribution in [0.4, 0.5) is 0 Å². The number of carbonyl (C=O) groups excluding carboxylic acids is 1. The molecule has 5 heteroatoms. The molecule has 2 aromatic rings. The third-order valence-corrected chi connectivity index (χ3v) is 3.01. The first-order valence-corrected chi connectivity index (χ1v) is 7.10. The molecule has 0 aliphatic carbocycles. The van der Waals surface area contributed by atoms with Crippen LogP contribution in [0.1, 0.15) is 30.9 Å². The number of carbonyl (C=O) groups is 1. The third-order valence-electron chi connectivity index (χ3n) is 3.01. The van der Waals surface area contributed by atoms with Crippen LogP contribution in [0.15, 0.2) is 53.9 Å². The van der Waals surface area contributed by atoms with Gasteiger partial charge >= 0.3 is 0 Å². The number of para-hydroxylation sites is 1. The molecule has 2 rings (SSSR count). The average molecular weight is 297 g/mol. The topological polar surface area (TPSA) is 63.6 Å². The highest BCUT2D eigenvalue weighted by Gasteiger charge is 2.08. The SMILES string of the molecule is CC(C)c1ccccc1OCC(=O)N/N=C/c1ccncc1. The van der Waals surface area contributed by atoms with Gasteiger partial charge in [-0.25, -0.2) is 5.43 Å².